The smallest absolute Gasteiger partial charge is 0.337 e. The van der Waals surface area contributed by atoms with Crippen molar-refractivity contribution in [3.8, 4) is 11.8 Å². The Morgan fingerprint density at radius 2 is 1.38 bits per heavy atom. The molecule has 5 rings (SSSR count). The Morgan fingerprint density at radius 1 is 0.740 bits per heavy atom. The van der Waals surface area contributed by atoms with Gasteiger partial charge in [0.25, 0.3) is 30.4 Å². The van der Waals surface area contributed by atoms with E-state index in [9.17, 15) is 59.0 Å². The van der Waals surface area contributed by atoms with E-state index in [2.05, 4.69) is 35.8 Å². The van der Waals surface area contributed by atoms with Crippen molar-refractivity contribution in [3.63, 3.8) is 0 Å². The average Bonchev–Trinajstić information content (AvgIpc) is 2.99. The van der Waals surface area contributed by atoms with Gasteiger partial charge in [-0.2, -0.15) is 40.2 Å². The first-order chi connectivity index (χ1) is 23.2. The lowest BCUT2D eigenvalue weighted by Crippen LogP contribution is -2.06. The first kappa shape index (κ1) is 35.7. The molecule has 0 fully saturated rings. The minimum absolute atomic E-state index is 0.0627. The summed E-state index contributed by atoms with van der Waals surface area (Å²) in [6.07, 6.45) is 0. The lowest BCUT2D eigenvalue weighted by Gasteiger charge is -2.15. The molecule has 0 spiro atoms. The number of nitrogens with one attached hydrogen (secondary N) is 2. The second kappa shape index (κ2) is 13.0. The van der Waals surface area contributed by atoms with Gasteiger partial charge in [0.05, 0.1) is 21.2 Å². The lowest BCUT2D eigenvalue weighted by atomic mass is 10.1. The van der Waals surface area contributed by atoms with E-state index in [0.717, 1.165) is 30.3 Å². The highest BCUT2D eigenvalue weighted by atomic mass is 35.5. The number of carbonyl (C=O) groups is 1. The molecule has 0 aliphatic heterocycles. The van der Waals surface area contributed by atoms with E-state index in [1.807, 2.05) is 0 Å². The SMILES string of the molecule is O=C(O)c1ccccc1N=Nc1c(S(=O)(=O)O)cc2cc(S(=O)(=O)O)cc(Nc3nc(O)nc(Nc4ccc(Cl)c(S(=O)(=O)O)c4)n3)c2c1O. The second-order valence-electron chi connectivity index (χ2n) is 9.77. The molecule has 0 saturated heterocycles. The van der Waals surface area contributed by atoms with Crippen LogP contribution in [-0.2, 0) is 30.4 Å². The number of carboxylic acids is 1. The number of phenolic OH excluding ortho intramolecular Hbond substituents is 1. The van der Waals surface area contributed by atoms with Gasteiger partial charge in [-0.25, -0.2) is 4.79 Å². The van der Waals surface area contributed by atoms with E-state index >= 15 is 0 Å². The van der Waals surface area contributed by atoms with Gasteiger partial charge in [-0.1, -0.05) is 23.7 Å². The molecule has 0 aliphatic rings. The Balaban J connectivity index is 1.69. The van der Waals surface area contributed by atoms with Gasteiger partial charge < -0.3 is 26.0 Å². The Labute approximate surface area is 285 Å². The number of carboxylic acid groups (broad SMARTS) is 1. The largest absolute Gasteiger partial charge is 0.505 e. The highest BCUT2D eigenvalue weighted by molar-refractivity contribution is 7.86. The maximum Gasteiger partial charge on any atom is 0.337 e. The lowest BCUT2D eigenvalue weighted by molar-refractivity contribution is 0.0697. The number of aromatic carboxylic acids is 1. The zero-order chi connectivity index (χ0) is 36.8. The number of nitrogens with zero attached hydrogens (tertiary/aromatic N) is 5. The van der Waals surface area contributed by atoms with E-state index in [-0.39, 0.29) is 22.0 Å². The van der Waals surface area contributed by atoms with Crippen LogP contribution >= 0.6 is 11.6 Å². The number of azo groups is 1. The van der Waals surface area contributed by atoms with E-state index in [1.54, 1.807) is 0 Å². The van der Waals surface area contributed by atoms with Crippen molar-refractivity contribution in [1.29, 1.82) is 0 Å². The first-order valence-electron chi connectivity index (χ1n) is 13.0. The Hall–Kier alpha value is -5.56. The van der Waals surface area contributed by atoms with Gasteiger partial charge in [-0.05, 0) is 53.9 Å². The number of phenols is 1. The number of aromatic nitrogens is 3. The molecular formula is C26H18ClN7O13S3. The molecule has 0 bridgehead atoms. The van der Waals surface area contributed by atoms with Crippen LogP contribution in [0.2, 0.25) is 5.02 Å². The zero-order valence-corrected chi connectivity index (χ0v) is 27.4. The highest BCUT2D eigenvalue weighted by Gasteiger charge is 2.26. The van der Waals surface area contributed by atoms with E-state index in [0.29, 0.717) is 6.07 Å². The van der Waals surface area contributed by atoms with Gasteiger partial charge in [0.1, 0.15) is 21.2 Å². The molecule has 4 aromatic carbocycles. The van der Waals surface area contributed by atoms with Crippen molar-refractivity contribution in [3.05, 3.63) is 71.2 Å². The van der Waals surface area contributed by atoms with Crippen LogP contribution in [0.15, 0.2) is 85.6 Å². The molecule has 5 aromatic rings. The van der Waals surface area contributed by atoms with Crippen LogP contribution in [0.1, 0.15) is 10.4 Å². The van der Waals surface area contributed by atoms with E-state index in [4.69, 9.17) is 11.6 Å². The van der Waals surface area contributed by atoms with Crippen LogP contribution < -0.4 is 10.6 Å². The van der Waals surface area contributed by atoms with Crippen molar-refractivity contribution >= 4 is 93.3 Å². The van der Waals surface area contributed by atoms with Crippen LogP contribution in [-0.4, -0.2) is 75.2 Å². The average molecular weight is 768 g/mol. The van der Waals surface area contributed by atoms with Gasteiger partial charge >= 0.3 is 12.0 Å². The number of rotatable bonds is 10. The number of benzene rings is 4. The predicted octanol–water partition coefficient (Wildman–Crippen LogP) is 4.43. The number of hydrogen-bond acceptors (Lipinski definition) is 16. The molecule has 1 aromatic heterocycles. The third-order valence-corrected chi connectivity index (χ3v) is 9.46. The molecule has 0 amide bonds. The van der Waals surface area contributed by atoms with Crippen molar-refractivity contribution < 1.29 is 59.0 Å². The van der Waals surface area contributed by atoms with Gasteiger partial charge in [-0.3, -0.25) is 13.7 Å². The number of anilines is 4. The summed E-state index contributed by atoms with van der Waals surface area (Å²) in [5.41, 5.74) is -2.12. The number of aromatic hydroxyl groups is 2. The fourth-order valence-corrected chi connectivity index (χ4v) is 6.55. The third-order valence-electron chi connectivity index (χ3n) is 6.43. The van der Waals surface area contributed by atoms with Gasteiger partial charge in [0.2, 0.25) is 11.9 Å². The highest BCUT2D eigenvalue weighted by Crippen LogP contribution is 2.46. The Kier molecular flexibility index (Phi) is 9.33. The van der Waals surface area contributed by atoms with Crippen molar-refractivity contribution in [2.45, 2.75) is 14.7 Å². The molecule has 0 aliphatic carbocycles. The molecule has 260 valence electrons. The minimum Gasteiger partial charge on any atom is -0.505 e. The molecule has 0 saturated carbocycles. The first-order valence-corrected chi connectivity index (χ1v) is 17.7. The molecule has 50 heavy (non-hydrogen) atoms. The van der Waals surface area contributed by atoms with Gasteiger partial charge in [0.15, 0.2) is 5.75 Å². The summed E-state index contributed by atoms with van der Waals surface area (Å²) in [6.45, 7) is 0. The molecule has 0 unspecified atom stereocenters. The summed E-state index contributed by atoms with van der Waals surface area (Å²) in [4.78, 5) is 20.2. The van der Waals surface area contributed by atoms with Crippen LogP contribution in [0.3, 0.4) is 0 Å². The fourth-order valence-electron chi connectivity index (χ4n) is 4.35. The molecule has 20 nitrogen and oxygen atoms in total. The summed E-state index contributed by atoms with van der Waals surface area (Å²) in [5.74, 6) is -3.55. The predicted molar refractivity (Wildman–Crippen MR) is 172 cm³/mol. The number of hydrogen-bond donors (Lipinski definition) is 8. The summed E-state index contributed by atoms with van der Waals surface area (Å²) in [7, 11) is -15.1. The number of halogens is 1. The van der Waals surface area contributed by atoms with Crippen molar-refractivity contribution in [2.24, 2.45) is 10.2 Å². The number of fused-ring (bicyclic) bond motifs is 1. The summed E-state index contributed by atoms with van der Waals surface area (Å²) in [5, 5.41) is 42.2. The van der Waals surface area contributed by atoms with Crippen LogP contribution in [0.25, 0.3) is 10.8 Å². The second-order valence-corrected chi connectivity index (χ2v) is 14.4. The normalized spacial score (nSPS) is 12.3. The molecule has 8 N–H and O–H groups in total. The summed E-state index contributed by atoms with van der Waals surface area (Å²) < 4.78 is 101. The van der Waals surface area contributed by atoms with E-state index < -0.39 is 96.8 Å². The zero-order valence-electron chi connectivity index (χ0n) is 24.2. The summed E-state index contributed by atoms with van der Waals surface area (Å²) >= 11 is 5.82. The Morgan fingerprint density at radius 3 is 2.00 bits per heavy atom. The molecule has 0 atom stereocenters. The standard InChI is InChI=1S/C26H18ClN7O13S3/c27-15-6-5-12(9-18(15)49(42,43)44)28-24-30-25(32-26(38)31-24)29-17-10-13(48(39,40)41)7-11-8-19(50(45,46)47)21(22(35)20(11)17)34-33-16-4-2-1-3-14(16)23(36)37/h1-10,35H,(H,36,37)(H,39,40,41)(H,42,43,44)(H,45,46,47)(H3,28,29,30,31,32,38). The maximum atomic E-state index is 12.4. The van der Waals surface area contributed by atoms with Crippen molar-refractivity contribution in [1.82, 2.24) is 15.0 Å². The van der Waals surface area contributed by atoms with Crippen LogP contribution in [0, 0.1) is 0 Å². The van der Waals surface area contributed by atoms with Gasteiger partial charge in [-0.15, -0.1) is 10.2 Å². The maximum absolute atomic E-state index is 12.4. The van der Waals surface area contributed by atoms with Crippen LogP contribution in [0.4, 0.5) is 34.6 Å². The molecule has 1 heterocycles. The quantitative estimate of drug-likeness (QED) is 0.0719. The van der Waals surface area contributed by atoms with Gasteiger partial charge in [0, 0.05) is 11.1 Å². The molecular weight excluding hydrogens is 750 g/mol. The topological polar surface area (TPSA) is 328 Å². The fraction of sp³-hybridized carbons (Fsp3) is 0. The minimum atomic E-state index is -5.25. The van der Waals surface area contributed by atoms with Crippen molar-refractivity contribution in [2.75, 3.05) is 10.6 Å². The monoisotopic (exact) mass is 767 g/mol. The van der Waals surface area contributed by atoms with Crippen LogP contribution in [0.5, 0.6) is 11.8 Å². The molecule has 0 radical (unpaired) electrons. The Bertz CT molecular complexity index is 2600. The molecule has 24 heteroatoms. The van der Waals surface area contributed by atoms with E-state index in [1.165, 1.54) is 24.3 Å². The summed E-state index contributed by atoms with van der Waals surface area (Å²) in [6, 6.07) is 9.58. The third kappa shape index (κ3) is 7.68.